The predicted molar refractivity (Wildman–Crippen MR) is 103 cm³/mol. The summed E-state index contributed by atoms with van der Waals surface area (Å²) in [6.45, 7) is 7.50. The Morgan fingerprint density at radius 1 is 0.926 bits per heavy atom. The molecule has 0 radical (unpaired) electrons. The number of piperazine rings is 1. The van der Waals surface area contributed by atoms with Gasteiger partial charge in [-0.2, -0.15) is 0 Å². The van der Waals surface area contributed by atoms with Gasteiger partial charge in [0.25, 0.3) is 5.91 Å². The number of nitrogens with zero attached hydrogens (tertiary/aromatic N) is 3. The molecule has 27 heavy (non-hydrogen) atoms. The normalized spacial score (nSPS) is 14.8. The van der Waals surface area contributed by atoms with Crippen LogP contribution in [0.15, 0.2) is 48.7 Å². The van der Waals surface area contributed by atoms with E-state index in [1.165, 1.54) is 0 Å². The molecule has 1 saturated heterocycles. The molecular weight excluding hydrogens is 342 g/mol. The van der Waals surface area contributed by atoms with Gasteiger partial charge in [0.2, 0.25) is 0 Å². The Hall–Kier alpha value is -2.89. The van der Waals surface area contributed by atoms with E-state index in [9.17, 15) is 9.59 Å². The predicted octanol–water partition coefficient (Wildman–Crippen LogP) is 3.44. The molecule has 3 rings (SSSR count). The van der Waals surface area contributed by atoms with Crippen LogP contribution in [0.1, 0.15) is 31.1 Å². The lowest BCUT2D eigenvalue weighted by molar-refractivity contribution is 0.0141. The van der Waals surface area contributed by atoms with Gasteiger partial charge in [-0.15, -0.1) is 0 Å². The first-order valence-electron chi connectivity index (χ1n) is 9.12. The van der Waals surface area contributed by atoms with Crippen LogP contribution in [-0.2, 0) is 4.74 Å². The minimum atomic E-state index is -0.514. The fourth-order valence-corrected chi connectivity index (χ4v) is 2.92. The number of benzene rings is 1. The highest BCUT2D eigenvalue weighted by Gasteiger charge is 2.28. The Balaban J connectivity index is 1.59. The zero-order valence-electron chi connectivity index (χ0n) is 16.0. The third kappa shape index (κ3) is 4.84. The molecule has 2 aromatic rings. The second-order valence-corrected chi connectivity index (χ2v) is 7.55. The van der Waals surface area contributed by atoms with Crippen molar-refractivity contribution in [2.75, 3.05) is 26.2 Å². The quantitative estimate of drug-likeness (QED) is 0.816. The summed E-state index contributed by atoms with van der Waals surface area (Å²) in [7, 11) is 0. The Labute approximate surface area is 159 Å². The molecule has 0 spiro atoms. The summed E-state index contributed by atoms with van der Waals surface area (Å²) >= 11 is 0. The minimum Gasteiger partial charge on any atom is -0.444 e. The molecule has 2 heterocycles. The molecule has 142 valence electrons. The first-order valence-corrected chi connectivity index (χ1v) is 9.12. The molecule has 1 aromatic heterocycles. The van der Waals surface area contributed by atoms with Crippen molar-refractivity contribution < 1.29 is 14.3 Å². The molecule has 0 unspecified atom stereocenters. The van der Waals surface area contributed by atoms with E-state index in [1.54, 1.807) is 16.0 Å². The van der Waals surface area contributed by atoms with Crippen LogP contribution < -0.4 is 0 Å². The molecule has 2 amide bonds. The lowest BCUT2D eigenvalue weighted by atomic mass is 10.1. The average Bonchev–Trinajstić information content (AvgIpc) is 2.67. The Morgan fingerprint density at radius 2 is 1.56 bits per heavy atom. The van der Waals surface area contributed by atoms with Gasteiger partial charge in [0.1, 0.15) is 5.60 Å². The third-order valence-corrected chi connectivity index (χ3v) is 4.31. The second-order valence-electron chi connectivity index (χ2n) is 7.55. The molecular formula is C21H25N3O3. The van der Waals surface area contributed by atoms with E-state index >= 15 is 0 Å². The van der Waals surface area contributed by atoms with Gasteiger partial charge in [0, 0.05) is 43.5 Å². The van der Waals surface area contributed by atoms with Gasteiger partial charge >= 0.3 is 6.09 Å². The highest BCUT2D eigenvalue weighted by Crippen LogP contribution is 2.18. The Bertz CT molecular complexity index is 790. The fourth-order valence-electron chi connectivity index (χ4n) is 2.92. The van der Waals surface area contributed by atoms with E-state index in [0.29, 0.717) is 31.7 Å². The maximum absolute atomic E-state index is 12.7. The fraction of sp³-hybridized carbons (Fsp3) is 0.381. The van der Waals surface area contributed by atoms with Gasteiger partial charge < -0.3 is 14.5 Å². The zero-order valence-corrected chi connectivity index (χ0v) is 16.0. The molecule has 1 aromatic carbocycles. The van der Waals surface area contributed by atoms with Crippen LogP contribution in [0.25, 0.3) is 11.3 Å². The number of carbonyl (C=O) groups is 2. The van der Waals surface area contributed by atoms with Crippen molar-refractivity contribution in [2.45, 2.75) is 26.4 Å². The van der Waals surface area contributed by atoms with Crippen LogP contribution in [0.2, 0.25) is 0 Å². The standard InChI is InChI=1S/C21H25N3O3/c1-21(2,3)27-20(26)24-14-12-23(13-15-24)19(25)17-9-7-16(8-10-17)18-6-4-5-11-22-18/h4-11H,12-15H2,1-3H3. The summed E-state index contributed by atoms with van der Waals surface area (Å²) in [4.78, 5) is 32.6. The summed E-state index contributed by atoms with van der Waals surface area (Å²) in [5.41, 5.74) is 1.98. The summed E-state index contributed by atoms with van der Waals surface area (Å²) in [6.07, 6.45) is 1.42. The monoisotopic (exact) mass is 367 g/mol. The molecule has 0 saturated carbocycles. The Kier molecular flexibility index (Phi) is 5.44. The number of pyridine rings is 1. The highest BCUT2D eigenvalue weighted by molar-refractivity contribution is 5.94. The van der Waals surface area contributed by atoms with Crippen LogP contribution >= 0.6 is 0 Å². The van der Waals surface area contributed by atoms with E-state index in [-0.39, 0.29) is 12.0 Å². The number of hydrogen-bond acceptors (Lipinski definition) is 4. The number of hydrogen-bond donors (Lipinski definition) is 0. The minimum absolute atomic E-state index is 0.0218. The molecule has 0 atom stereocenters. The summed E-state index contributed by atoms with van der Waals surface area (Å²) in [5, 5.41) is 0. The van der Waals surface area contributed by atoms with Crippen molar-refractivity contribution >= 4 is 12.0 Å². The van der Waals surface area contributed by atoms with Gasteiger partial charge in [-0.1, -0.05) is 18.2 Å². The first-order chi connectivity index (χ1) is 12.8. The van der Waals surface area contributed by atoms with Crippen LogP contribution in [0, 0.1) is 0 Å². The smallest absolute Gasteiger partial charge is 0.410 e. The largest absolute Gasteiger partial charge is 0.444 e. The molecule has 1 aliphatic heterocycles. The lowest BCUT2D eigenvalue weighted by Crippen LogP contribution is -2.51. The maximum Gasteiger partial charge on any atom is 0.410 e. The van der Waals surface area contributed by atoms with Gasteiger partial charge in [-0.25, -0.2) is 4.79 Å². The Morgan fingerprint density at radius 3 is 2.11 bits per heavy atom. The number of aromatic nitrogens is 1. The topological polar surface area (TPSA) is 62.7 Å². The van der Waals surface area contributed by atoms with Crippen LogP contribution in [0.5, 0.6) is 0 Å². The number of rotatable bonds is 2. The summed E-state index contributed by atoms with van der Waals surface area (Å²) in [6, 6.07) is 13.2. The van der Waals surface area contributed by atoms with Crippen LogP contribution in [0.3, 0.4) is 0 Å². The number of ether oxygens (including phenoxy) is 1. The zero-order chi connectivity index (χ0) is 19.4. The first kappa shape index (κ1) is 18.9. The molecule has 1 aliphatic rings. The van der Waals surface area contributed by atoms with Crippen molar-refractivity contribution in [3.05, 3.63) is 54.2 Å². The van der Waals surface area contributed by atoms with Gasteiger partial charge in [0.15, 0.2) is 0 Å². The molecule has 0 aliphatic carbocycles. The number of amides is 2. The van der Waals surface area contributed by atoms with Crippen molar-refractivity contribution in [2.24, 2.45) is 0 Å². The van der Waals surface area contributed by atoms with Crippen molar-refractivity contribution in [3.63, 3.8) is 0 Å². The molecule has 6 heteroatoms. The van der Waals surface area contributed by atoms with Crippen LogP contribution in [-0.4, -0.2) is 58.6 Å². The maximum atomic E-state index is 12.7. The molecule has 0 N–H and O–H groups in total. The third-order valence-electron chi connectivity index (χ3n) is 4.31. The van der Waals surface area contributed by atoms with E-state index in [1.807, 2.05) is 63.2 Å². The van der Waals surface area contributed by atoms with Gasteiger partial charge in [-0.3, -0.25) is 9.78 Å². The highest BCUT2D eigenvalue weighted by atomic mass is 16.6. The van der Waals surface area contributed by atoms with Gasteiger partial charge in [0.05, 0.1) is 5.69 Å². The van der Waals surface area contributed by atoms with Gasteiger partial charge in [-0.05, 0) is 45.0 Å². The van der Waals surface area contributed by atoms with Crippen LogP contribution in [0.4, 0.5) is 4.79 Å². The summed E-state index contributed by atoms with van der Waals surface area (Å²) < 4.78 is 5.39. The molecule has 6 nitrogen and oxygen atoms in total. The lowest BCUT2D eigenvalue weighted by Gasteiger charge is -2.35. The van der Waals surface area contributed by atoms with E-state index in [0.717, 1.165) is 11.3 Å². The number of carbonyl (C=O) groups excluding carboxylic acids is 2. The summed E-state index contributed by atoms with van der Waals surface area (Å²) in [5.74, 6) is -0.0218. The second kappa shape index (κ2) is 7.78. The van der Waals surface area contributed by atoms with E-state index in [4.69, 9.17) is 4.74 Å². The molecule has 1 fully saturated rings. The molecule has 0 bridgehead atoms. The van der Waals surface area contributed by atoms with Crippen molar-refractivity contribution in [1.82, 2.24) is 14.8 Å². The van der Waals surface area contributed by atoms with Crippen molar-refractivity contribution in [3.8, 4) is 11.3 Å². The average molecular weight is 367 g/mol. The van der Waals surface area contributed by atoms with E-state index in [2.05, 4.69) is 4.98 Å². The SMILES string of the molecule is CC(C)(C)OC(=O)N1CCN(C(=O)c2ccc(-c3ccccn3)cc2)CC1. The van der Waals surface area contributed by atoms with E-state index < -0.39 is 5.60 Å². The van der Waals surface area contributed by atoms with Crippen molar-refractivity contribution in [1.29, 1.82) is 0 Å².